The van der Waals surface area contributed by atoms with Crippen LogP contribution in [0.25, 0.3) is 0 Å². The summed E-state index contributed by atoms with van der Waals surface area (Å²) in [6.45, 7) is 2.27. The molecule has 0 unspecified atom stereocenters. The van der Waals surface area contributed by atoms with E-state index in [4.69, 9.17) is 10.00 Å². The molecule has 2 N–H and O–H groups in total. The predicted molar refractivity (Wildman–Crippen MR) is 110 cm³/mol. The Kier molecular flexibility index (Phi) is 5.11. The monoisotopic (exact) mass is 404 g/mol. The molecule has 2 amide bonds. The molecule has 2 heterocycles. The number of nitrogens with one attached hydrogen (secondary N) is 2. The number of esters is 1. The van der Waals surface area contributed by atoms with Crippen molar-refractivity contribution in [3.63, 3.8) is 0 Å². The van der Waals surface area contributed by atoms with Gasteiger partial charge < -0.3 is 20.3 Å². The Morgan fingerprint density at radius 2 is 2.13 bits per heavy atom. The van der Waals surface area contributed by atoms with Crippen molar-refractivity contribution >= 4 is 34.8 Å². The first-order valence-corrected chi connectivity index (χ1v) is 9.70. The average molecular weight is 404 g/mol. The predicted octanol–water partition coefficient (Wildman–Crippen LogP) is 2.66. The Bertz CT molecular complexity index is 1080. The third-order valence-corrected chi connectivity index (χ3v) is 5.27. The second-order valence-corrected chi connectivity index (χ2v) is 7.30. The number of nitrogens with zero attached hydrogens (tertiary/aromatic N) is 2. The zero-order valence-electron chi connectivity index (χ0n) is 16.3. The fraction of sp³-hybridized carbons (Fsp3) is 0.273. The normalized spacial score (nSPS) is 17.8. The lowest BCUT2D eigenvalue weighted by molar-refractivity contribution is -0.123. The Labute approximate surface area is 173 Å². The van der Waals surface area contributed by atoms with Crippen LogP contribution >= 0.6 is 0 Å². The van der Waals surface area contributed by atoms with Crippen molar-refractivity contribution in [1.82, 2.24) is 0 Å². The van der Waals surface area contributed by atoms with Crippen LogP contribution in [0.15, 0.2) is 42.5 Å². The minimum atomic E-state index is -1.04. The molecular formula is C22H20N4O4. The SMILES string of the molecule is C[C@H](OC(=O)c1ccc2c(c1)NC(=O)[C@H]1CCCN21)C(=O)Nc1cccc(C#N)c1. The van der Waals surface area contributed by atoms with Gasteiger partial charge in [0.1, 0.15) is 6.04 Å². The van der Waals surface area contributed by atoms with Gasteiger partial charge in [-0.2, -0.15) is 5.26 Å². The van der Waals surface area contributed by atoms with Gasteiger partial charge in [0.15, 0.2) is 6.10 Å². The Morgan fingerprint density at radius 3 is 2.93 bits per heavy atom. The van der Waals surface area contributed by atoms with E-state index in [9.17, 15) is 14.4 Å². The first-order chi connectivity index (χ1) is 14.5. The molecule has 1 fully saturated rings. The van der Waals surface area contributed by atoms with E-state index in [0.717, 1.165) is 25.1 Å². The van der Waals surface area contributed by atoms with E-state index in [2.05, 4.69) is 15.5 Å². The van der Waals surface area contributed by atoms with Crippen molar-refractivity contribution in [2.75, 3.05) is 22.1 Å². The number of hydrogen-bond acceptors (Lipinski definition) is 6. The summed E-state index contributed by atoms with van der Waals surface area (Å²) < 4.78 is 5.29. The van der Waals surface area contributed by atoms with Gasteiger partial charge in [-0.3, -0.25) is 9.59 Å². The molecule has 8 heteroatoms. The molecular weight excluding hydrogens is 384 g/mol. The number of ether oxygens (including phenoxy) is 1. The van der Waals surface area contributed by atoms with Crippen LogP contribution < -0.4 is 15.5 Å². The van der Waals surface area contributed by atoms with Crippen LogP contribution in [0.4, 0.5) is 17.1 Å². The number of carbonyl (C=O) groups is 3. The molecule has 0 aromatic heterocycles. The molecule has 2 atom stereocenters. The number of carbonyl (C=O) groups excluding carboxylic acids is 3. The van der Waals surface area contributed by atoms with Gasteiger partial charge in [0, 0.05) is 12.2 Å². The summed E-state index contributed by atoms with van der Waals surface area (Å²) in [6.07, 6.45) is 0.723. The Balaban J connectivity index is 1.43. The van der Waals surface area contributed by atoms with Crippen LogP contribution in [-0.2, 0) is 14.3 Å². The lowest BCUT2D eigenvalue weighted by Gasteiger charge is -2.33. The molecule has 1 saturated heterocycles. The van der Waals surface area contributed by atoms with E-state index in [1.807, 2.05) is 6.07 Å². The zero-order valence-corrected chi connectivity index (χ0v) is 16.3. The van der Waals surface area contributed by atoms with E-state index in [0.29, 0.717) is 16.9 Å². The number of rotatable bonds is 4. The largest absolute Gasteiger partial charge is 0.449 e. The number of nitriles is 1. The second kappa shape index (κ2) is 7.87. The Hall–Kier alpha value is -3.86. The lowest BCUT2D eigenvalue weighted by Crippen LogP contribution is -2.43. The topological polar surface area (TPSA) is 112 Å². The molecule has 30 heavy (non-hydrogen) atoms. The molecule has 0 saturated carbocycles. The minimum Gasteiger partial charge on any atom is -0.449 e. The summed E-state index contributed by atoms with van der Waals surface area (Å²) in [6, 6.07) is 13.3. The van der Waals surface area contributed by atoms with Gasteiger partial charge in [0.05, 0.1) is 28.6 Å². The number of amides is 2. The minimum absolute atomic E-state index is 0.0714. The van der Waals surface area contributed by atoms with Gasteiger partial charge in [0.2, 0.25) is 5.91 Å². The molecule has 152 valence electrons. The molecule has 2 aromatic carbocycles. The summed E-state index contributed by atoms with van der Waals surface area (Å²) in [5, 5.41) is 14.4. The first kappa shape index (κ1) is 19.5. The highest BCUT2D eigenvalue weighted by molar-refractivity contribution is 6.05. The number of benzene rings is 2. The van der Waals surface area contributed by atoms with Crippen molar-refractivity contribution in [3.8, 4) is 6.07 Å². The van der Waals surface area contributed by atoms with E-state index >= 15 is 0 Å². The fourth-order valence-corrected chi connectivity index (χ4v) is 3.75. The van der Waals surface area contributed by atoms with E-state index in [1.54, 1.807) is 36.4 Å². The molecule has 0 spiro atoms. The summed E-state index contributed by atoms with van der Waals surface area (Å²) in [5.41, 5.74) is 2.56. The second-order valence-electron chi connectivity index (χ2n) is 7.30. The Morgan fingerprint density at radius 1 is 1.30 bits per heavy atom. The molecule has 0 bridgehead atoms. The zero-order chi connectivity index (χ0) is 21.3. The van der Waals surface area contributed by atoms with E-state index < -0.39 is 18.0 Å². The highest BCUT2D eigenvalue weighted by Crippen LogP contribution is 2.37. The maximum absolute atomic E-state index is 12.5. The van der Waals surface area contributed by atoms with Crippen molar-refractivity contribution in [2.24, 2.45) is 0 Å². The third kappa shape index (κ3) is 3.70. The molecule has 8 nitrogen and oxygen atoms in total. The smallest absolute Gasteiger partial charge is 0.338 e. The number of anilines is 3. The van der Waals surface area contributed by atoms with Crippen molar-refractivity contribution < 1.29 is 19.1 Å². The molecule has 0 radical (unpaired) electrons. The molecule has 4 rings (SSSR count). The van der Waals surface area contributed by atoms with Gasteiger partial charge in [-0.1, -0.05) is 6.07 Å². The average Bonchev–Trinajstić information content (AvgIpc) is 3.24. The summed E-state index contributed by atoms with van der Waals surface area (Å²) in [7, 11) is 0. The molecule has 2 aliphatic heterocycles. The summed E-state index contributed by atoms with van der Waals surface area (Å²) in [5.74, 6) is -1.24. The van der Waals surface area contributed by atoms with Crippen molar-refractivity contribution in [2.45, 2.75) is 31.9 Å². The highest BCUT2D eigenvalue weighted by atomic mass is 16.5. The van der Waals surface area contributed by atoms with Gasteiger partial charge in [-0.15, -0.1) is 0 Å². The van der Waals surface area contributed by atoms with E-state index in [1.165, 1.54) is 13.0 Å². The van der Waals surface area contributed by atoms with Crippen LogP contribution in [0.3, 0.4) is 0 Å². The first-order valence-electron chi connectivity index (χ1n) is 9.70. The maximum Gasteiger partial charge on any atom is 0.338 e. The van der Waals surface area contributed by atoms with Crippen LogP contribution in [0.1, 0.15) is 35.7 Å². The molecule has 0 aliphatic carbocycles. The van der Waals surface area contributed by atoms with E-state index in [-0.39, 0.29) is 17.5 Å². The molecule has 2 aliphatic rings. The third-order valence-electron chi connectivity index (χ3n) is 5.27. The fourth-order valence-electron chi connectivity index (χ4n) is 3.75. The van der Waals surface area contributed by atoms with Crippen LogP contribution in [0.5, 0.6) is 0 Å². The highest BCUT2D eigenvalue weighted by Gasteiger charge is 2.36. The molecule has 2 aromatic rings. The van der Waals surface area contributed by atoms with Crippen molar-refractivity contribution in [3.05, 3.63) is 53.6 Å². The maximum atomic E-state index is 12.5. The number of fused-ring (bicyclic) bond motifs is 3. The van der Waals surface area contributed by atoms with Crippen molar-refractivity contribution in [1.29, 1.82) is 5.26 Å². The van der Waals surface area contributed by atoms with Gasteiger partial charge >= 0.3 is 5.97 Å². The van der Waals surface area contributed by atoms with Crippen LogP contribution in [0, 0.1) is 11.3 Å². The summed E-state index contributed by atoms with van der Waals surface area (Å²) >= 11 is 0. The quantitative estimate of drug-likeness (QED) is 0.758. The summed E-state index contributed by atoms with van der Waals surface area (Å²) in [4.78, 5) is 39.2. The lowest BCUT2D eigenvalue weighted by atomic mass is 10.1. The van der Waals surface area contributed by atoms with Crippen LogP contribution in [-0.4, -0.2) is 36.5 Å². The van der Waals surface area contributed by atoms with Gasteiger partial charge in [-0.25, -0.2) is 4.79 Å². The van der Waals surface area contributed by atoms with Gasteiger partial charge in [0.25, 0.3) is 5.91 Å². The number of hydrogen-bond donors (Lipinski definition) is 2. The standard InChI is InChI=1S/C22H20N4O4/c1-13(20(27)24-16-5-2-4-14(10-16)12-23)30-22(29)15-7-8-18-17(11-15)25-21(28)19-6-3-9-26(18)19/h2,4-5,7-8,10-11,13,19H,3,6,9H2,1H3,(H,24,27)(H,25,28)/t13-,19+/m0/s1. The van der Waals surface area contributed by atoms with Gasteiger partial charge in [-0.05, 0) is 56.2 Å². The van der Waals surface area contributed by atoms with Crippen LogP contribution in [0.2, 0.25) is 0 Å².